The Balaban J connectivity index is 2.06. The molecule has 1 aliphatic heterocycles. The Hall–Kier alpha value is -1.66. The van der Waals surface area contributed by atoms with Crippen molar-refractivity contribution in [3.05, 3.63) is 33.9 Å². The Morgan fingerprint density at radius 3 is 3.05 bits per heavy atom. The minimum atomic E-state index is -0.438. The van der Waals surface area contributed by atoms with Crippen LogP contribution in [0.4, 0.5) is 11.4 Å². The van der Waals surface area contributed by atoms with E-state index in [9.17, 15) is 10.1 Å². The van der Waals surface area contributed by atoms with Gasteiger partial charge in [-0.1, -0.05) is 13.0 Å². The van der Waals surface area contributed by atoms with Gasteiger partial charge in [0.25, 0.3) is 5.69 Å². The third-order valence-electron chi connectivity index (χ3n) is 3.38. The third-order valence-corrected chi connectivity index (χ3v) is 3.38. The first-order chi connectivity index (χ1) is 9.10. The molecule has 6 heteroatoms. The maximum atomic E-state index is 10.9. The number of anilines is 1. The number of nitro groups is 1. The largest absolute Gasteiger partial charge is 0.393 e. The van der Waals surface area contributed by atoms with Crippen LogP contribution >= 0.6 is 0 Å². The van der Waals surface area contributed by atoms with Crippen LogP contribution in [0.25, 0.3) is 0 Å². The number of hydrogen-bond donors (Lipinski definition) is 1. The van der Waals surface area contributed by atoms with Crippen molar-refractivity contribution < 1.29 is 9.66 Å². The molecule has 1 aromatic carbocycles. The van der Waals surface area contributed by atoms with Gasteiger partial charge in [-0.15, -0.1) is 0 Å². The number of nitrogens with two attached hydrogens (primary N) is 1. The monoisotopic (exact) mass is 265 g/mol. The van der Waals surface area contributed by atoms with Crippen molar-refractivity contribution in [1.29, 1.82) is 0 Å². The van der Waals surface area contributed by atoms with Crippen molar-refractivity contribution in [3.63, 3.8) is 0 Å². The second-order valence-electron chi connectivity index (χ2n) is 4.79. The number of hydrogen-bond acceptors (Lipinski definition) is 5. The SMILES string of the molecule is CCC1CN(Cc2ccc(N)c([N+](=O)[O-])c2)CCO1. The summed E-state index contributed by atoms with van der Waals surface area (Å²) in [5.74, 6) is 0. The Morgan fingerprint density at radius 2 is 2.37 bits per heavy atom. The average molecular weight is 265 g/mol. The van der Waals surface area contributed by atoms with Crippen LogP contribution in [0.15, 0.2) is 18.2 Å². The minimum Gasteiger partial charge on any atom is -0.393 e. The molecule has 0 radical (unpaired) electrons. The van der Waals surface area contributed by atoms with Gasteiger partial charge < -0.3 is 10.5 Å². The molecule has 0 aliphatic carbocycles. The standard InChI is InChI=1S/C13H19N3O3/c1-2-11-9-15(5-6-19-11)8-10-3-4-12(14)13(7-10)16(17)18/h3-4,7,11H,2,5-6,8-9,14H2,1H3. The first kappa shape index (κ1) is 13.8. The number of morpholine rings is 1. The van der Waals surface area contributed by atoms with Gasteiger partial charge in [-0.25, -0.2) is 0 Å². The lowest BCUT2D eigenvalue weighted by Gasteiger charge is -2.32. The zero-order valence-electron chi connectivity index (χ0n) is 11.0. The summed E-state index contributed by atoms with van der Waals surface area (Å²) in [6.45, 7) is 5.24. The highest BCUT2D eigenvalue weighted by molar-refractivity contribution is 5.59. The molecule has 1 fully saturated rings. The molecule has 1 saturated heterocycles. The summed E-state index contributed by atoms with van der Waals surface area (Å²) in [6, 6.07) is 5.01. The van der Waals surface area contributed by atoms with Crippen molar-refractivity contribution in [2.45, 2.75) is 26.0 Å². The van der Waals surface area contributed by atoms with E-state index in [0.29, 0.717) is 6.54 Å². The van der Waals surface area contributed by atoms with Crippen LogP contribution in [-0.2, 0) is 11.3 Å². The van der Waals surface area contributed by atoms with E-state index in [0.717, 1.165) is 31.7 Å². The molecule has 1 heterocycles. The van der Waals surface area contributed by atoms with Gasteiger partial charge >= 0.3 is 0 Å². The van der Waals surface area contributed by atoms with Gasteiger partial charge in [0.1, 0.15) is 5.69 Å². The Kier molecular flexibility index (Phi) is 4.34. The first-order valence-electron chi connectivity index (χ1n) is 6.47. The summed E-state index contributed by atoms with van der Waals surface area (Å²) in [4.78, 5) is 12.7. The summed E-state index contributed by atoms with van der Waals surface area (Å²) in [5, 5.41) is 10.9. The normalized spacial score (nSPS) is 20.4. The maximum Gasteiger partial charge on any atom is 0.292 e. The lowest BCUT2D eigenvalue weighted by atomic mass is 10.1. The van der Waals surface area contributed by atoms with Gasteiger partial charge in [-0.3, -0.25) is 15.0 Å². The molecule has 0 aromatic heterocycles. The molecule has 0 spiro atoms. The highest BCUT2D eigenvalue weighted by Crippen LogP contribution is 2.23. The number of nitro benzene ring substituents is 1. The highest BCUT2D eigenvalue weighted by Gasteiger charge is 2.20. The van der Waals surface area contributed by atoms with E-state index in [1.807, 2.05) is 6.07 Å². The Labute approximate surface area is 112 Å². The fourth-order valence-corrected chi connectivity index (χ4v) is 2.27. The number of nitrogens with zero attached hydrogens (tertiary/aromatic N) is 2. The van der Waals surface area contributed by atoms with E-state index in [1.54, 1.807) is 12.1 Å². The van der Waals surface area contributed by atoms with Gasteiger partial charge in [-0.2, -0.15) is 0 Å². The van der Waals surface area contributed by atoms with Crippen molar-refractivity contribution in [2.24, 2.45) is 0 Å². The van der Waals surface area contributed by atoms with Crippen LogP contribution < -0.4 is 5.73 Å². The van der Waals surface area contributed by atoms with Crippen LogP contribution in [0.3, 0.4) is 0 Å². The molecule has 1 unspecified atom stereocenters. The quantitative estimate of drug-likeness (QED) is 0.510. The van der Waals surface area contributed by atoms with Crippen molar-refractivity contribution >= 4 is 11.4 Å². The molecule has 2 N–H and O–H groups in total. The Bertz CT molecular complexity index is 464. The predicted octanol–water partition coefficient (Wildman–Crippen LogP) is 1.79. The predicted molar refractivity (Wildman–Crippen MR) is 72.8 cm³/mol. The van der Waals surface area contributed by atoms with Gasteiger partial charge in [0, 0.05) is 25.7 Å². The number of ether oxygens (including phenoxy) is 1. The van der Waals surface area contributed by atoms with Gasteiger partial charge in [0.15, 0.2) is 0 Å². The van der Waals surface area contributed by atoms with Gasteiger partial charge in [0.05, 0.1) is 17.6 Å². The first-order valence-corrected chi connectivity index (χ1v) is 6.47. The molecule has 1 atom stereocenters. The van der Waals surface area contributed by atoms with E-state index >= 15 is 0 Å². The summed E-state index contributed by atoms with van der Waals surface area (Å²) >= 11 is 0. The molecule has 0 bridgehead atoms. The van der Waals surface area contributed by atoms with Crippen molar-refractivity contribution in [2.75, 3.05) is 25.4 Å². The number of rotatable bonds is 4. The number of benzene rings is 1. The summed E-state index contributed by atoms with van der Waals surface area (Å²) in [5.41, 5.74) is 6.70. The van der Waals surface area contributed by atoms with Gasteiger partial charge in [-0.05, 0) is 18.1 Å². The average Bonchev–Trinajstić information content (AvgIpc) is 2.41. The molecule has 1 aromatic rings. The highest BCUT2D eigenvalue weighted by atomic mass is 16.6. The molecule has 19 heavy (non-hydrogen) atoms. The Morgan fingerprint density at radius 1 is 1.58 bits per heavy atom. The molecule has 0 saturated carbocycles. The third kappa shape index (κ3) is 3.42. The van der Waals surface area contributed by atoms with Crippen molar-refractivity contribution in [3.8, 4) is 0 Å². The second kappa shape index (κ2) is 5.99. The molecular weight excluding hydrogens is 246 g/mol. The fourth-order valence-electron chi connectivity index (χ4n) is 2.27. The van der Waals surface area contributed by atoms with E-state index in [2.05, 4.69) is 11.8 Å². The zero-order chi connectivity index (χ0) is 13.8. The van der Waals surface area contributed by atoms with Crippen LogP contribution in [0.1, 0.15) is 18.9 Å². The molecule has 104 valence electrons. The molecule has 0 amide bonds. The summed E-state index contributed by atoms with van der Waals surface area (Å²) < 4.78 is 5.61. The van der Waals surface area contributed by atoms with E-state index < -0.39 is 4.92 Å². The molecule has 2 rings (SSSR count). The maximum absolute atomic E-state index is 10.9. The van der Waals surface area contributed by atoms with E-state index in [4.69, 9.17) is 10.5 Å². The zero-order valence-corrected chi connectivity index (χ0v) is 11.0. The lowest BCUT2D eigenvalue weighted by molar-refractivity contribution is -0.384. The summed E-state index contributed by atoms with van der Waals surface area (Å²) in [7, 11) is 0. The van der Waals surface area contributed by atoms with Crippen LogP contribution in [0, 0.1) is 10.1 Å². The van der Waals surface area contributed by atoms with E-state index in [1.165, 1.54) is 0 Å². The van der Waals surface area contributed by atoms with Gasteiger partial charge in [0.2, 0.25) is 0 Å². The fraction of sp³-hybridized carbons (Fsp3) is 0.538. The van der Waals surface area contributed by atoms with E-state index in [-0.39, 0.29) is 17.5 Å². The minimum absolute atomic E-state index is 0.0159. The second-order valence-corrected chi connectivity index (χ2v) is 4.79. The topological polar surface area (TPSA) is 81.6 Å². The molecule has 1 aliphatic rings. The molecular formula is C13H19N3O3. The summed E-state index contributed by atoms with van der Waals surface area (Å²) in [6.07, 6.45) is 1.25. The van der Waals surface area contributed by atoms with Crippen LogP contribution in [0.5, 0.6) is 0 Å². The van der Waals surface area contributed by atoms with Crippen LogP contribution in [-0.4, -0.2) is 35.6 Å². The smallest absolute Gasteiger partial charge is 0.292 e. The van der Waals surface area contributed by atoms with Crippen LogP contribution in [0.2, 0.25) is 0 Å². The lowest BCUT2D eigenvalue weighted by Crippen LogP contribution is -2.41. The van der Waals surface area contributed by atoms with Crippen molar-refractivity contribution in [1.82, 2.24) is 4.90 Å². The molecule has 6 nitrogen and oxygen atoms in total. The number of nitrogen functional groups attached to an aromatic ring is 1.